The van der Waals surface area contributed by atoms with E-state index in [9.17, 15) is 0 Å². The van der Waals surface area contributed by atoms with Crippen molar-refractivity contribution in [2.75, 3.05) is 7.05 Å². The van der Waals surface area contributed by atoms with Crippen LogP contribution in [-0.4, -0.2) is 17.2 Å². The van der Waals surface area contributed by atoms with Crippen molar-refractivity contribution in [3.8, 4) is 5.75 Å². The number of hydrogen-bond acceptors (Lipinski definition) is 5. The smallest absolute Gasteiger partial charge is 0.232 e. The van der Waals surface area contributed by atoms with Crippen molar-refractivity contribution in [1.29, 1.82) is 0 Å². The van der Waals surface area contributed by atoms with E-state index in [1.165, 1.54) is 5.56 Å². The van der Waals surface area contributed by atoms with Gasteiger partial charge in [-0.05, 0) is 24.7 Å². The van der Waals surface area contributed by atoms with Crippen molar-refractivity contribution in [3.05, 3.63) is 41.5 Å². The molecule has 1 heterocycles. The first-order chi connectivity index (χ1) is 9.49. The van der Waals surface area contributed by atoms with E-state index < -0.39 is 0 Å². The molecule has 0 radical (unpaired) electrons. The molecule has 2 aromatic rings. The molecular weight excluding hydrogens is 254 g/mol. The first-order valence-corrected chi connectivity index (χ1v) is 6.68. The van der Waals surface area contributed by atoms with Gasteiger partial charge in [-0.25, -0.2) is 0 Å². The van der Waals surface area contributed by atoms with Crippen LogP contribution >= 0.6 is 0 Å². The quantitative estimate of drug-likeness (QED) is 0.909. The first-order valence-electron chi connectivity index (χ1n) is 6.68. The zero-order valence-electron chi connectivity index (χ0n) is 12.4. The molecule has 1 N–H and O–H groups in total. The fourth-order valence-corrected chi connectivity index (χ4v) is 1.67. The third kappa shape index (κ3) is 3.81. The van der Waals surface area contributed by atoms with Gasteiger partial charge < -0.3 is 14.6 Å². The Morgan fingerprint density at radius 2 is 1.90 bits per heavy atom. The van der Waals surface area contributed by atoms with E-state index >= 15 is 0 Å². The standard InChI is InChI=1S/C15H21N3O2/c1-15(2,3)14-17-13(18-20-14)10-19-12-7-5-11(6-8-12)9-16-4/h5-8,16H,9-10H2,1-4H3. The van der Waals surface area contributed by atoms with Crippen LogP contribution in [-0.2, 0) is 18.6 Å². The summed E-state index contributed by atoms with van der Waals surface area (Å²) in [7, 11) is 1.92. The molecule has 5 heteroatoms. The summed E-state index contributed by atoms with van der Waals surface area (Å²) in [5.41, 5.74) is 1.08. The van der Waals surface area contributed by atoms with Gasteiger partial charge in [0.1, 0.15) is 5.75 Å². The summed E-state index contributed by atoms with van der Waals surface area (Å²) in [6, 6.07) is 7.94. The normalized spacial score (nSPS) is 11.6. The lowest BCUT2D eigenvalue weighted by atomic mass is 9.97. The van der Waals surface area contributed by atoms with Gasteiger partial charge in [0.25, 0.3) is 0 Å². The minimum absolute atomic E-state index is 0.139. The summed E-state index contributed by atoms with van der Waals surface area (Å²) in [5, 5.41) is 7.03. The molecule has 0 saturated heterocycles. The average molecular weight is 275 g/mol. The summed E-state index contributed by atoms with van der Waals surface area (Å²) < 4.78 is 10.9. The van der Waals surface area contributed by atoms with Crippen LogP contribution in [0.25, 0.3) is 0 Å². The first kappa shape index (κ1) is 14.5. The molecule has 0 aliphatic carbocycles. The number of aromatic nitrogens is 2. The van der Waals surface area contributed by atoms with E-state index in [4.69, 9.17) is 9.26 Å². The van der Waals surface area contributed by atoms with Crippen LogP contribution in [0, 0.1) is 0 Å². The average Bonchev–Trinajstić information content (AvgIpc) is 2.87. The van der Waals surface area contributed by atoms with Gasteiger partial charge in [0.05, 0.1) is 0 Å². The van der Waals surface area contributed by atoms with E-state index in [0.29, 0.717) is 18.3 Å². The second kappa shape index (κ2) is 6.05. The van der Waals surface area contributed by atoms with Crippen LogP contribution in [0.15, 0.2) is 28.8 Å². The van der Waals surface area contributed by atoms with E-state index in [1.807, 2.05) is 52.1 Å². The van der Waals surface area contributed by atoms with Gasteiger partial charge in [-0.15, -0.1) is 0 Å². The van der Waals surface area contributed by atoms with E-state index in [1.54, 1.807) is 0 Å². The van der Waals surface area contributed by atoms with Crippen LogP contribution in [0.4, 0.5) is 0 Å². The number of nitrogens with zero attached hydrogens (tertiary/aromatic N) is 2. The van der Waals surface area contributed by atoms with Crippen LogP contribution < -0.4 is 10.1 Å². The predicted molar refractivity (Wildman–Crippen MR) is 76.5 cm³/mol. The van der Waals surface area contributed by atoms with E-state index in [-0.39, 0.29) is 5.41 Å². The molecule has 20 heavy (non-hydrogen) atoms. The third-order valence-electron chi connectivity index (χ3n) is 2.78. The van der Waals surface area contributed by atoms with Crippen molar-refractivity contribution >= 4 is 0 Å². The molecule has 0 bridgehead atoms. The molecule has 1 aromatic heterocycles. The van der Waals surface area contributed by atoms with Crippen molar-refractivity contribution in [3.63, 3.8) is 0 Å². The van der Waals surface area contributed by atoms with Crippen molar-refractivity contribution in [1.82, 2.24) is 15.5 Å². The Hall–Kier alpha value is -1.88. The summed E-state index contributed by atoms with van der Waals surface area (Å²) in [4.78, 5) is 4.33. The molecule has 0 aliphatic heterocycles. The molecule has 0 aliphatic rings. The van der Waals surface area contributed by atoms with Crippen molar-refractivity contribution in [2.45, 2.75) is 39.3 Å². The van der Waals surface area contributed by atoms with Crippen molar-refractivity contribution in [2.24, 2.45) is 0 Å². The zero-order chi connectivity index (χ0) is 14.6. The molecule has 0 unspecified atom stereocenters. The molecular formula is C15H21N3O2. The fourth-order valence-electron chi connectivity index (χ4n) is 1.67. The van der Waals surface area contributed by atoms with Gasteiger partial charge in [-0.2, -0.15) is 4.98 Å². The Morgan fingerprint density at radius 3 is 2.45 bits per heavy atom. The lowest BCUT2D eigenvalue weighted by molar-refractivity contribution is 0.280. The Bertz CT molecular complexity index is 541. The van der Waals surface area contributed by atoms with Gasteiger partial charge >= 0.3 is 0 Å². The van der Waals surface area contributed by atoms with Gasteiger partial charge in [0.2, 0.25) is 11.7 Å². The molecule has 2 rings (SSSR count). The molecule has 1 aromatic carbocycles. The second-order valence-electron chi connectivity index (χ2n) is 5.73. The monoisotopic (exact) mass is 275 g/mol. The molecule has 5 nitrogen and oxygen atoms in total. The van der Waals surface area contributed by atoms with Gasteiger partial charge in [0.15, 0.2) is 6.61 Å². The maximum absolute atomic E-state index is 5.65. The highest BCUT2D eigenvalue weighted by Gasteiger charge is 2.21. The summed E-state index contributed by atoms with van der Waals surface area (Å²) in [5.74, 6) is 1.99. The highest BCUT2D eigenvalue weighted by molar-refractivity contribution is 5.27. The maximum atomic E-state index is 5.65. The fraction of sp³-hybridized carbons (Fsp3) is 0.467. The van der Waals surface area contributed by atoms with Gasteiger partial charge in [-0.3, -0.25) is 0 Å². The summed E-state index contributed by atoms with van der Waals surface area (Å²) in [6.07, 6.45) is 0. The molecule has 108 valence electrons. The molecule has 0 saturated carbocycles. The summed E-state index contributed by atoms with van der Waals surface area (Å²) in [6.45, 7) is 7.26. The SMILES string of the molecule is CNCc1ccc(OCc2noc(C(C)(C)C)n2)cc1. The lowest BCUT2D eigenvalue weighted by Crippen LogP contribution is -2.11. The minimum Gasteiger partial charge on any atom is -0.485 e. The van der Waals surface area contributed by atoms with Crippen molar-refractivity contribution < 1.29 is 9.26 Å². The van der Waals surface area contributed by atoms with Gasteiger partial charge in [-0.1, -0.05) is 38.1 Å². The van der Waals surface area contributed by atoms with Gasteiger partial charge in [0, 0.05) is 12.0 Å². The maximum Gasteiger partial charge on any atom is 0.232 e. The second-order valence-corrected chi connectivity index (χ2v) is 5.73. The van der Waals surface area contributed by atoms with Crippen LogP contribution in [0.1, 0.15) is 38.0 Å². The third-order valence-corrected chi connectivity index (χ3v) is 2.78. The highest BCUT2D eigenvalue weighted by atomic mass is 16.5. The number of hydrogen-bond donors (Lipinski definition) is 1. The largest absolute Gasteiger partial charge is 0.485 e. The minimum atomic E-state index is -0.139. The predicted octanol–water partition coefficient (Wildman–Crippen LogP) is 2.67. The Balaban J connectivity index is 1.93. The molecule has 0 spiro atoms. The van der Waals surface area contributed by atoms with E-state index in [0.717, 1.165) is 12.3 Å². The van der Waals surface area contributed by atoms with E-state index in [2.05, 4.69) is 15.5 Å². The number of benzene rings is 1. The zero-order valence-corrected chi connectivity index (χ0v) is 12.4. The Kier molecular flexibility index (Phi) is 4.39. The van der Waals surface area contributed by atoms with Crippen LogP contribution in [0.3, 0.4) is 0 Å². The molecule has 0 fully saturated rings. The highest BCUT2D eigenvalue weighted by Crippen LogP contribution is 2.20. The number of rotatable bonds is 5. The lowest BCUT2D eigenvalue weighted by Gasteiger charge is -2.10. The summed E-state index contributed by atoms with van der Waals surface area (Å²) >= 11 is 0. The Morgan fingerprint density at radius 1 is 1.20 bits per heavy atom. The topological polar surface area (TPSA) is 60.2 Å². The van der Waals surface area contributed by atoms with Crippen LogP contribution in [0.5, 0.6) is 5.75 Å². The number of nitrogens with one attached hydrogen (secondary N) is 1. The molecule has 0 atom stereocenters. The van der Waals surface area contributed by atoms with Crippen LogP contribution in [0.2, 0.25) is 0 Å². The Labute approximate surface area is 119 Å². The molecule has 0 amide bonds. The number of ether oxygens (including phenoxy) is 1.